The standard InChI is InChI=1S/C15H18N2O4/c1-3-15(2,14(20)21)17-12(18)9-6-10-4-7-11(8-5-10)13(16)19/h4-9H,3H2,1-2H3,(H2,16,19)(H,17,18)(H,20,21). The van der Waals surface area contributed by atoms with E-state index >= 15 is 0 Å². The van der Waals surface area contributed by atoms with Gasteiger partial charge in [-0.3, -0.25) is 9.59 Å². The molecule has 2 amide bonds. The number of primary amides is 1. The third-order valence-corrected chi connectivity index (χ3v) is 3.20. The van der Waals surface area contributed by atoms with E-state index in [1.165, 1.54) is 19.1 Å². The van der Waals surface area contributed by atoms with Crippen molar-refractivity contribution < 1.29 is 19.5 Å². The first-order chi connectivity index (χ1) is 9.78. The number of aliphatic carboxylic acids is 1. The number of carbonyl (C=O) groups is 3. The number of rotatable bonds is 6. The Kier molecular flexibility index (Phi) is 5.24. The molecule has 4 N–H and O–H groups in total. The van der Waals surface area contributed by atoms with Gasteiger partial charge in [0.25, 0.3) is 0 Å². The Morgan fingerprint density at radius 1 is 1.29 bits per heavy atom. The Morgan fingerprint density at radius 2 is 1.86 bits per heavy atom. The van der Waals surface area contributed by atoms with Crippen molar-refractivity contribution in [2.75, 3.05) is 0 Å². The first-order valence-electron chi connectivity index (χ1n) is 6.42. The van der Waals surface area contributed by atoms with Gasteiger partial charge in [0, 0.05) is 11.6 Å². The summed E-state index contributed by atoms with van der Waals surface area (Å²) in [6.45, 7) is 3.13. The van der Waals surface area contributed by atoms with Crippen molar-refractivity contribution in [2.45, 2.75) is 25.8 Å². The summed E-state index contributed by atoms with van der Waals surface area (Å²) in [5.41, 5.74) is 4.90. The predicted octanol–water partition coefficient (Wildman–Crippen LogP) is 1.17. The lowest BCUT2D eigenvalue weighted by molar-refractivity contribution is -0.146. The number of carboxylic acids is 1. The molecular formula is C15H18N2O4. The van der Waals surface area contributed by atoms with Crippen LogP contribution in [0.1, 0.15) is 36.2 Å². The molecule has 0 aliphatic heterocycles. The third kappa shape index (κ3) is 4.45. The molecular weight excluding hydrogens is 272 g/mol. The molecule has 0 spiro atoms. The predicted molar refractivity (Wildman–Crippen MR) is 78.5 cm³/mol. The molecule has 112 valence electrons. The number of benzene rings is 1. The maximum absolute atomic E-state index is 11.7. The zero-order valence-electron chi connectivity index (χ0n) is 11.9. The minimum absolute atomic E-state index is 0.273. The summed E-state index contributed by atoms with van der Waals surface area (Å²) < 4.78 is 0. The van der Waals surface area contributed by atoms with Crippen molar-refractivity contribution >= 4 is 23.9 Å². The Balaban J connectivity index is 2.74. The van der Waals surface area contributed by atoms with Crippen LogP contribution in [0.4, 0.5) is 0 Å². The fourth-order valence-corrected chi connectivity index (χ4v) is 1.54. The number of carbonyl (C=O) groups excluding carboxylic acids is 2. The summed E-state index contributed by atoms with van der Waals surface area (Å²) in [6, 6.07) is 6.38. The molecule has 1 rings (SSSR count). The van der Waals surface area contributed by atoms with Gasteiger partial charge in [0.05, 0.1) is 0 Å². The molecule has 0 bridgehead atoms. The molecule has 0 aromatic heterocycles. The zero-order valence-corrected chi connectivity index (χ0v) is 11.9. The molecule has 6 nitrogen and oxygen atoms in total. The molecule has 21 heavy (non-hydrogen) atoms. The van der Waals surface area contributed by atoms with Crippen molar-refractivity contribution in [3.8, 4) is 0 Å². The van der Waals surface area contributed by atoms with E-state index < -0.39 is 23.3 Å². The Hall–Kier alpha value is -2.63. The number of hydrogen-bond donors (Lipinski definition) is 3. The lowest BCUT2D eigenvalue weighted by Crippen LogP contribution is -2.51. The van der Waals surface area contributed by atoms with E-state index in [0.29, 0.717) is 11.1 Å². The van der Waals surface area contributed by atoms with E-state index in [4.69, 9.17) is 10.8 Å². The molecule has 0 aliphatic rings. The summed E-state index contributed by atoms with van der Waals surface area (Å²) in [7, 11) is 0. The molecule has 0 radical (unpaired) electrons. The SMILES string of the molecule is CCC(C)(NC(=O)C=Cc1ccc(C(N)=O)cc1)C(=O)O. The van der Waals surface area contributed by atoms with Crippen molar-refractivity contribution in [3.63, 3.8) is 0 Å². The topological polar surface area (TPSA) is 109 Å². The van der Waals surface area contributed by atoms with Crippen LogP contribution in [0.15, 0.2) is 30.3 Å². The molecule has 1 atom stereocenters. The van der Waals surface area contributed by atoms with Crippen molar-refractivity contribution in [1.82, 2.24) is 5.32 Å². The van der Waals surface area contributed by atoms with Gasteiger partial charge in [-0.05, 0) is 37.1 Å². The van der Waals surface area contributed by atoms with Gasteiger partial charge in [0.1, 0.15) is 5.54 Å². The van der Waals surface area contributed by atoms with Crippen molar-refractivity contribution in [3.05, 3.63) is 41.5 Å². The fraction of sp³-hybridized carbons (Fsp3) is 0.267. The Morgan fingerprint density at radius 3 is 2.29 bits per heavy atom. The van der Waals surface area contributed by atoms with Crippen LogP contribution in [-0.2, 0) is 9.59 Å². The molecule has 1 unspecified atom stereocenters. The molecule has 0 aliphatic carbocycles. The number of nitrogens with two attached hydrogens (primary N) is 1. The summed E-state index contributed by atoms with van der Waals surface area (Å²) in [6.07, 6.45) is 3.05. The largest absolute Gasteiger partial charge is 0.480 e. The summed E-state index contributed by atoms with van der Waals surface area (Å²) >= 11 is 0. The van der Waals surface area contributed by atoms with Gasteiger partial charge < -0.3 is 16.2 Å². The van der Waals surface area contributed by atoms with Gasteiger partial charge in [-0.25, -0.2) is 4.79 Å². The normalized spacial score (nSPS) is 13.6. The number of nitrogens with one attached hydrogen (secondary N) is 1. The van der Waals surface area contributed by atoms with E-state index in [2.05, 4.69) is 5.32 Å². The lowest BCUT2D eigenvalue weighted by Gasteiger charge is -2.23. The van der Waals surface area contributed by atoms with E-state index in [9.17, 15) is 14.4 Å². The van der Waals surface area contributed by atoms with Gasteiger partial charge in [0.2, 0.25) is 11.8 Å². The minimum atomic E-state index is -1.29. The number of hydrogen-bond acceptors (Lipinski definition) is 3. The highest BCUT2D eigenvalue weighted by Gasteiger charge is 2.31. The van der Waals surface area contributed by atoms with Crippen LogP contribution in [-0.4, -0.2) is 28.4 Å². The first kappa shape index (κ1) is 16.4. The van der Waals surface area contributed by atoms with Gasteiger partial charge in [-0.2, -0.15) is 0 Å². The zero-order chi connectivity index (χ0) is 16.0. The van der Waals surface area contributed by atoms with Crippen LogP contribution >= 0.6 is 0 Å². The average molecular weight is 290 g/mol. The summed E-state index contributed by atoms with van der Waals surface area (Å²) in [4.78, 5) is 33.7. The minimum Gasteiger partial charge on any atom is -0.480 e. The summed E-state index contributed by atoms with van der Waals surface area (Å²) in [5, 5.41) is 11.5. The average Bonchev–Trinajstić information content (AvgIpc) is 2.45. The van der Waals surface area contributed by atoms with E-state index in [0.717, 1.165) is 0 Å². The smallest absolute Gasteiger partial charge is 0.329 e. The monoisotopic (exact) mass is 290 g/mol. The highest BCUT2D eigenvalue weighted by atomic mass is 16.4. The molecule has 6 heteroatoms. The fourth-order valence-electron chi connectivity index (χ4n) is 1.54. The second-order valence-corrected chi connectivity index (χ2v) is 4.80. The van der Waals surface area contributed by atoms with Crippen LogP contribution in [0.5, 0.6) is 0 Å². The second kappa shape index (κ2) is 6.69. The quantitative estimate of drug-likeness (QED) is 0.683. The molecule has 0 fully saturated rings. The van der Waals surface area contributed by atoms with Gasteiger partial charge in [0.15, 0.2) is 0 Å². The maximum Gasteiger partial charge on any atom is 0.329 e. The first-order valence-corrected chi connectivity index (χ1v) is 6.42. The van der Waals surface area contributed by atoms with E-state index in [1.54, 1.807) is 31.2 Å². The van der Waals surface area contributed by atoms with Crippen molar-refractivity contribution in [2.24, 2.45) is 5.73 Å². The second-order valence-electron chi connectivity index (χ2n) is 4.80. The Labute approximate surface area is 122 Å². The van der Waals surface area contributed by atoms with Crippen molar-refractivity contribution in [1.29, 1.82) is 0 Å². The van der Waals surface area contributed by atoms with Gasteiger partial charge in [-0.1, -0.05) is 19.1 Å². The summed E-state index contributed by atoms with van der Waals surface area (Å²) in [5.74, 6) is -2.11. The molecule has 1 aromatic rings. The molecule has 0 heterocycles. The van der Waals surface area contributed by atoms with Crippen LogP contribution in [0, 0.1) is 0 Å². The van der Waals surface area contributed by atoms with Crippen LogP contribution < -0.4 is 11.1 Å². The lowest BCUT2D eigenvalue weighted by atomic mass is 9.99. The molecule has 1 aromatic carbocycles. The highest BCUT2D eigenvalue weighted by molar-refractivity contribution is 5.96. The number of carboxylic acid groups (broad SMARTS) is 1. The molecule has 0 saturated carbocycles. The van der Waals surface area contributed by atoms with E-state index in [1.807, 2.05) is 0 Å². The molecule has 0 saturated heterocycles. The van der Waals surface area contributed by atoms with Gasteiger partial charge in [-0.15, -0.1) is 0 Å². The van der Waals surface area contributed by atoms with E-state index in [-0.39, 0.29) is 6.42 Å². The van der Waals surface area contributed by atoms with Gasteiger partial charge >= 0.3 is 5.97 Å². The highest BCUT2D eigenvalue weighted by Crippen LogP contribution is 2.10. The van der Waals surface area contributed by atoms with Crippen LogP contribution in [0.2, 0.25) is 0 Å². The van der Waals surface area contributed by atoms with Crippen LogP contribution in [0.25, 0.3) is 6.08 Å². The number of amides is 2. The third-order valence-electron chi connectivity index (χ3n) is 3.20. The van der Waals surface area contributed by atoms with Crippen LogP contribution in [0.3, 0.4) is 0 Å². The Bertz CT molecular complexity index is 578. The maximum atomic E-state index is 11.7.